The van der Waals surface area contributed by atoms with E-state index in [0.717, 1.165) is 3.57 Å². The molecule has 0 heterocycles. The average Bonchev–Trinajstić information content (AvgIpc) is 2.53. The number of nitrogens with one attached hydrogen (secondary N) is 1. The first-order chi connectivity index (χ1) is 10.6. The van der Waals surface area contributed by atoms with Crippen LogP contribution in [0.3, 0.4) is 0 Å². The molecule has 0 saturated heterocycles. The van der Waals surface area contributed by atoms with Gasteiger partial charge in [0.25, 0.3) is 5.91 Å². The van der Waals surface area contributed by atoms with Crippen LogP contribution in [-0.4, -0.2) is 25.6 Å². The van der Waals surface area contributed by atoms with Crippen LogP contribution < -0.4 is 10.1 Å². The molecule has 0 aliphatic heterocycles. The Morgan fingerprint density at radius 1 is 1.09 bits per heavy atom. The molecular formula is C16H14INO4. The number of rotatable bonds is 5. The summed E-state index contributed by atoms with van der Waals surface area (Å²) < 4.78 is 10.9. The zero-order valence-electron chi connectivity index (χ0n) is 11.8. The minimum atomic E-state index is -0.528. The van der Waals surface area contributed by atoms with E-state index < -0.39 is 11.9 Å². The van der Waals surface area contributed by atoms with Gasteiger partial charge in [0.15, 0.2) is 6.61 Å². The molecule has 0 bridgehead atoms. The number of esters is 1. The van der Waals surface area contributed by atoms with Crippen LogP contribution >= 0.6 is 22.6 Å². The number of carbonyl (C=O) groups excluding carboxylic acids is 2. The van der Waals surface area contributed by atoms with Crippen LogP contribution in [0, 0.1) is 3.57 Å². The third-order valence-corrected chi connectivity index (χ3v) is 3.75. The molecule has 22 heavy (non-hydrogen) atoms. The maximum Gasteiger partial charge on any atom is 0.339 e. The summed E-state index contributed by atoms with van der Waals surface area (Å²) in [6.07, 6.45) is 0. The van der Waals surface area contributed by atoms with Crippen LogP contribution in [0.25, 0.3) is 0 Å². The number of amides is 1. The Morgan fingerprint density at radius 2 is 1.77 bits per heavy atom. The third kappa shape index (κ3) is 4.20. The molecule has 0 aromatic heterocycles. The number of benzene rings is 2. The van der Waals surface area contributed by atoms with Gasteiger partial charge in [-0.15, -0.1) is 0 Å². The molecule has 2 aromatic carbocycles. The highest BCUT2D eigenvalue weighted by Gasteiger charge is 2.13. The van der Waals surface area contributed by atoms with Gasteiger partial charge < -0.3 is 14.8 Å². The number of hydrogen-bond donors (Lipinski definition) is 1. The van der Waals surface area contributed by atoms with Crippen molar-refractivity contribution in [3.05, 3.63) is 57.7 Å². The van der Waals surface area contributed by atoms with Crippen LogP contribution in [-0.2, 0) is 9.53 Å². The van der Waals surface area contributed by atoms with Crippen molar-refractivity contribution in [3.8, 4) is 5.75 Å². The lowest BCUT2D eigenvalue weighted by atomic mass is 10.2. The zero-order valence-corrected chi connectivity index (χ0v) is 14.0. The average molecular weight is 411 g/mol. The summed E-state index contributed by atoms with van der Waals surface area (Å²) in [5.74, 6) is -0.413. The van der Waals surface area contributed by atoms with Crippen molar-refractivity contribution in [1.29, 1.82) is 0 Å². The van der Waals surface area contributed by atoms with E-state index >= 15 is 0 Å². The quantitative estimate of drug-likeness (QED) is 0.607. The van der Waals surface area contributed by atoms with Gasteiger partial charge in [0.2, 0.25) is 0 Å². The highest BCUT2D eigenvalue weighted by molar-refractivity contribution is 14.1. The van der Waals surface area contributed by atoms with Crippen molar-refractivity contribution in [2.24, 2.45) is 0 Å². The van der Waals surface area contributed by atoms with E-state index in [2.05, 4.69) is 5.32 Å². The fourth-order valence-corrected chi connectivity index (χ4v) is 2.38. The first-order valence-corrected chi connectivity index (χ1v) is 7.54. The lowest BCUT2D eigenvalue weighted by Crippen LogP contribution is -2.21. The summed E-state index contributed by atoms with van der Waals surface area (Å²) in [7, 11) is 1.52. The van der Waals surface area contributed by atoms with Crippen LogP contribution in [0.15, 0.2) is 48.5 Å². The lowest BCUT2D eigenvalue weighted by Gasteiger charge is -2.10. The van der Waals surface area contributed by atoms with Crippen LogP contribution in [0.4, 0.5) is 5.69 Å². The molecule has 0 aliphatic rings. The summed E-state index contributed by atoms with van der Waals surface area (Å²) >= 11 is 2.04. The van der Waals surface area contributed by atoms with Crippen LogP contribution in [0.5, 0.6) is 5.75 Å². The van der Waals surface area contributed by atoms with Crippen LogP contribution in [0.2, 0.25) is 0 Å². The number of methoxy groups -OCH3 is 1. The molecule has 5 nitrogen and oxygen atoms in total. The lowest BCUT2D eigenvalue weighted by molar-refractivity contribution is -0.119. The molecule has 0 saturated carbocycles. The van der Waals surface area contributed by atoms with Gasteiger partial charge in [0.05, 0.1) is 18.4 Å². The van der Waals surface area contributed by atoms with Crippen molar-refractivity contribution >= 4 is 40.2 Å². The Balaban J connectivity index is 1.93. The molecule has 1 amide bonds. The smallest absolute Gasteiger partial charge is 0.339 e. The van der Waals surface area contributed by atoms with Gasteiger partial charge >= 0.3 is 5.97 Å². The Bertz CT molecular complexity index is 687. The van der Waals surface area contributed by atoms with Crippen molar-refractivity contribution in [1.82, 2.24) is 0 Å². The highest BCUT2D eigenvalue weighted by atomic mass is 127. The van der Waals surface area contributed by atoms with Crippen molar-refractivity contribution < 1.29 is 19.1 Å². The fourth-order valence-electron chi connectivity index (χ4n) is 1.77. The largest absolute Gasteiger partial charge is 0.495 e. The van der Waals surface area contributed by atoms with E-state index in [1.54, 1.807) is 42.5 Å². The second kappa shape index (κ2) is 7.79. The van der Waals surface area contributed by atoms with Gasteiger partial charge in [-0.1, -0.05) is 24.3 Å². The predicted molar refractivity (Wildman–Crippen MR) is 91.1 cm³/mol. The number of carbonyl (C=O) groups is 2. The van der Waals surface area contributed by atoms with Crippen molar-refractivity contribution in [2.45, 2.75) is 0 Å². The minimum Gasteiger partial charge on any atom is -0.495 e. The topological polar surface area (TPSA) is 64.6 Å². The predicted octanol–water partition coefficient (Wildman–Crippen LogP) is 3.10. The Hall–Kier alpha value is -2.09. The molecule has 2 rings (SSSR count). The minimum absolute atomic E-state index is 0.359. The Morgan fingerprint density at radius 3 is 2.50 bits per heavy atom. The van der Waals surface area contributed by atoms with E-state index in [1.807, 2.05) is 28.7 Å². The van der Waals surface area contributed by atoms with Crippen molar-refractivity contribution in [2.75, 3.05) is 19.0 Å². The van der Waals surface area contributed by atoms with E-state index in [4.69, 9.17) is 9.47 Å². The summed E-state index contributed by atoms with van der Waals surface area (Å²) in [5, 5.41) is 2.64. The first-order valence-electron chi connectivity index (χ1n) is 6.46. The number of ether oxygens (including phenoxy) is 2. The molecule has 2 aromatic rings. The normalized spacial score (nSPS) is 9.91. The molecule has 1 N–H and O–H groups in total. The Kier molecular flexibility index (Phi) is 5.76. The molecule has 0 aliphatic carbocycles. The summed E-state index contributed by atoms with van der Waals surface area (Å²) in [6.45, 7) is -0.359. The second-order valence-corrected chi connectivity index (χ2v) is 5.47. The van der Waals surface area contributed by atoms with E-state index in [9.17, 15) is 9.59 Å². The van der Waals surface area contributed by atoms with Gasteiger partial charge in [-0.2, -0.15) is 0 Å². The highest BCUT2D eigenvalue weighted by Crippen LogP contribution is 2.22. The van der Waals surface area contributed by atoms with Gasteiger partial charge in [-0.05, 0) is 46.9 Å². The van der Waals surface area contributed by atoms with Gasteiger partial charge in [-0.25, -0.2) is 4.79 Å². The maximum atomic E-state index is 11.9. The molecule has 114 valence electrons. The van der Waals surface area contributed by atoms with E-state index in [0.29, 0.717) is 17.0 Å². The molecule has 0 spiro atoms. The molecule has 0 radical (unpaired) electrons. The molecular weight excluding hydrogens is 397 g/mol. The number of hydrogen-bond acceptors (Lipinski definition) is 4. The zero-order chi connectivity index (χ0) is 15.9. The number of para-hydroxylation sites is 2. The van der Waals surface area contributed by atoms with Crippen LogP contribution in [0.1, 0.15) is 10.4 Å². The maximum absolute atomic E-state index is 11.9. The second-order valence-electron chi connectivity index (χ2n) is 4.30. The summed E-state index contributed by atoms with van der Waals surface area (Å²) in [5.41, 5.74) is 0.966. The summed E-state index contributed by atoms with van der Waals surface area (Å²) in [4.78, 5) is 23.8. The van der Waals surface area contributed by atoms with Gasteiger partial charge in [0, 0.05) is 3.57 Å². The standard InChI is InChI=1S/C16H14INO4/c1-21-14-9-5-4-8-13(14)18-15(19)10-22-16(20)11-6-2-3-7-12(11)17/h2-9H,10H2,1H3,(H,18,19). The Labute approximate surface area is 141 Å². The first kappa shape index (κ1) is 16.3. The summed E-state index contributed by atoms with van der Waals surface area (Å²) in [6, 6.07) is 14.0. The van der Waals surface area contributed by atoms with E-state index in [1.165, 1.54) is 7.11 Å². The molecule has 0 atom stereocenters. The van der Waals surface area contributed by atoms with Crippen molar-refractivity contribution in [3.63, 3.8) is 0 Å². The fraction of sp³-hybridized carbons (Fsp3) is 0.125. The third-order valence-electron chi connectivity index (χ3n) is 2.81. The molecule has 0 unspecified atom stereocenters. The molecule has 6 heteroatoms. The number of anilines is 1. The number of halogens is 1. The van der Waals surface area contributed by atoms with Gasteiger partial charge in [0.1, 0.15) is 5.75 Å². The molecule has 0 fully saturated rings. The monoisotopic (exact) mass is 411 g/mol. The SMILES string of the molecule is COc1ccccc1NC(=O)COC(=O)c1ccccc1I. The van der Waals surface area contributed by atoms with E-state index in [-0.39, 0.29) is 6.61 Å². The van der Waals surface area contributed by atoms with Gasteiger partial charge in [-0.3, -0.25) is 4.79 Å².